The minimum Gasteiger partial charge on any atom is -0.490 e. The molecule has 3 aromatic rings. The Kier molecular flexibility index (Phi) is 7.75. The molecule has 0 saturated heterocycles. The Bertz CT molecular complexity index is 1410. The molecule has 0 aliphatic carbocycles. The highest BCUT2D eigenvalue weighted by molar-refractivity contribution is 5.89. The van der Waals surface area contributed by atoms with Crippen molar-refractivity contribution in [3.8, 4) is 17.2 Å². The molecule has 0 fully saturated rings. The summed E-state index contributed by atoms with van der Waals surface area (Å²) in [6.45, 7) is 2.32. The van der Waals surface area contributed by atoms with E-state index >= 15 is 0 Å². The summed E-state index contributed by atoms with van der Waals surface area (Å²) in [4.78, 5) is 35.0. The van der Waals surface area contributed by atoms with Gasteiger partial charge in [0, 0.05) is 12.7 Å². The van der Waals surface area contributed by atoms with Gasteiger partial charge in [0.25, 0.3) is 0 Å². The average molecular weight is 512 g/mol. The van der Waals surface area contributed by atoms with Crippen LogP contribution < -0.4 is 19.6 Å². The average Bonchev–Trinajstić information content (AvgIpc) is 2.87. The number of aromatic carboxylic acids is 1. The number of benzene rings is 2. The first kappa shape index (κ1) is 25.7. The van der Waals surface area contributed by atoms with Crippen molar-refractivity contribution in [2.75, 3.05) is 19.8 Å². The summed E-state index contributed by atoms with van der Waals surface area (Å²) in [5, 5.41) is 28.9. The third kappa shape index (κ3) is 5.74. The molecule has 2 unspecified atom stereocenters. The molecule has 1 aliphatic heterocycles. The van der Waals surface area contributed by atoms with Gasteiger partial charge in [-0.1, -0.05) is 19.1 Å². The van der Waals surface area contributed by atoms with Gasteiger partial charge in [0.05, 0.1) is 5.56 Å². The predicted molar refractivity (Wildman–Crippen MR) is 128 cm³/mol. The second kappa shape index (κ2) is 11.1. The van der Waals surface area contributed by atoms with E-state index in [4.69, 9.17) is 33.6 Å². The minimum atomic E-state index is -1.36. The molecule has 2 atom stereocenters. The molecule has 194 valence electrons. The standard InChI is InChI=1S/C26H24O11/c1-2-9-33-14(12-34-17-5-3-7-19-23(17)15(27)10-21(36-19)25(29)30)13-35-18-6-4-8-20-24(18)16(28)11-22(37-20)26(31)32/h3-8,10-11,14-15,27H,2,9,12-13H2,1H3,(H,29,30)(H,31,32). The van der Waals surface area contributed by atoms with E-state index in [1.807, 2.05) is 6.92 Å². The molecule has 11 heteroatoms. The summed E-state index contributed by atoms with van der Waals surface area (Å²) in [6, 6.07) is 10.2. The monoisotopic (exact) mass is 512 g/mol. The maximum absolute atomic E-state index is 12.5. The molecule has 11 nitrogen and oxygen atoms in total. The molecule has 37 heavy (non-hydrogen) atoms. The van der Waals surface area contributed by atoms with E-state index in [1.165, 1.54) is 12.1 Å². The molecule has 1 aliphatic rings. The Hall–Kier alpha value is -4.35. The number of aliphatic hydroxyl groups is 1. The molecule has 0 radical (unpaired) electrons. The van der Waals surface area contributed by atoms with Gasteiger partial charge in [-0.25, -0.2) is 9.59 Å². The highest BCUT2D eigenvalue weighted by Gasteiger charge is 2.27. The summed E-state index contributed by atoms with van der Waals surface area (Å²) in [5.74, 6) is -2.88. The van der Waals surface area contributed by atoms with Gasteiger partial charge >= 0.3 is 11.9 Å². The zero-order valence-corrected chi connectivity index (χ0v) is 19.7. The second-order valence-electron chi connectivity index (χ2n) is 8.08. The van der Waals surface area contributed by atoms with Crippen LogP contribution in [-0.4, -0.2) is 53.2 Å². The fourth-order valence-corrected chi connectivity index (χ4v) is 3.72. The number of fused-ring (bicyclic) bond motifs is 2. The van der Waals surface area contributed by atoms with Crippen LogP contribution in [0.25, 0.3) is 11.0 Å². The van der Waals surface area contributed by atoms with Gasteiger partial charge in [0.15, 0.2) is 5.43 Å². The van der Waals surface area contributed by atoms with Crippen LogP contribution in [0, 0.1) is 0 Å². The van der Waals surface area contributed by atoms with Gasteiger partial charge in [-0.15, -0.1) is 0 Å². The van der Waals surface area contributed by atoms with Crippen molar-refractivity contribution < 1.29 is 48.3 Å². The van der Waals surface area contributed by atoms with Crippen LogP contribution in [0.15, 0.2) is 63.5 Å². The quantitative estimate of drug-likeness (QED) is 0.346. The van der Waals surface area contributed by atoms with Crippen LogP contribution in [0.5, 0.6) is 17.2 Å². The van der Waals surface area contributed by atoms with Gasteiger partial charge in [-0.2, -0.15) is 0 Å². The molecule has 2 heterocycles. The van der Waals surface area contributed by atoms with Crippen molar-refractivity contribution in [1.29, 1.82) is 0 Å². The maximum atomic E-state index is 12.5. The van der Waals surface area contributed by atoms with Crippen molar-refractivity contribution in [3.05, 3.63) is 75.8 Å². The zero-order valence-electron chi connectivity index (χ0n) is 19.7. The molecule has 0 bridgehead atoms. The number of carboxylic acids is 2. The molecular formula is C26H24O11. The van der Waals surface area contributed by atoms with E-state index in [-0.39, 0.29) is 52.8 Å². The normalized spacial score (nSPS) is 15.3. The lowest BCUT2D eigenvalue weighted by molar-refractivity contribution is -0.135. The second-order valence-corrected chi connectivity index (χ2v) is 8.08. The summed E-state index contributed by atoms with van der Waals surface area (Å²) >= 11 is 0. The highest BCUT2D eigenvalue weighted by Crippen LogP contribution is 2.39. The van der Waals surface area contributed by atoms with Gasteiger partial charge in [-0.05, 0) is 36.8 Å². The largest absolute Gasteiger partial charge is 0.490 e. The smallest absolute Gasteiger partial charge is 0.371 e. The minimum absolute atomic E-state index is 0.00120. The Morgan fingerprint density at radius 3 is 2.43 bits per heavy atom. The first-order valence-corrected chi connectivity index (χ1v) is 11.4. The fourth-order valence-electron chi connectivity index (χ4n) is 3.72. The lowest BCUT2D eigenvalue weighted by Gasteiger charge is -2.24. The lowest BCUT2D eigenvalue weighted by atomic mass is 10.0. The van der Waals surface area contributed by atoms with Crippen LogP contribution in [0.3, 0.4) is 0 Å². The number of carboxylic acid groups (broad SMARTS) is 2. The van der Waals surface area contributed by atoms with Crippen LogP contribution in [0.1, 0.15) is 35.6 Å². The van der Waals surface area contributed by atoms with E-state index in [0.29, 0.717) is 6.61 Å². The number of carbonyl (C=O) groups is 2. The molecule has 0 spiro atoms. The van der Waals surface area contributed by atoms with Crippen LogP contribution in [0.2, 0.25) is 0 Å². The van der Waals surface area contributed by atoms with E-state index in [2.05, 4.69) is 0 Å². The molecular weight excluding hydrogens is 488 g/mol. The first-order chi connectivity index (χ1) is 17.8. The van der Waals surface area contributed by atoms with E-state index in [9.17, 15) is 19.5 Å². The van der Waals surface area contributed by atoms with Crippen molar-refractivity contribution in [3.63, 3.8) is 0 Å². The molecule has 4 rings (SSSR count). The van der Waals surface area contributed by atoms with Gasteiger partial charge in [0.1, 0.15) is 53.6 Å². The van der Waals surface area contributed by atoms with Crippen LogP contribution in [-0.2, 0) is 9.53 Å². The SMILES string of the molecule is CCCOC(COc1cccc2c1C(O)C=C(C(=O)O)O2)COc1cccc2oc(C(=O)O)cc(=O)c12. The third-order valence-electron chi connectivity index (χ3n) is 5.40. The van der Waals surface area contributed by atoms with Gasteiger partial charge in [-0.3, -0.25) is 4.79 Å². The van der Waals surface area contributed by atoms with Crippen LogP contribution >= 0.6 is 0 Å². The van der Waals surface area contributed by atoms with E-state index < -0.39 is 35.3 Å². The Morgan fingerprint density at radius 1 is 1.03 bits per heavy atom. The fraction of sp³-hybridized carbons (Fsp3) is 0.269. The molecule has 2 aromatic carbocycles. The zero-order chi connectivity index (χ0) is 26.5. The number of hydrogen-bond donors (Lipinski definition) is 3. The summed E-state index contributed by atoms with van der Waals surface area (Å²) in [6.07, 6.45) is -0.0401. The maximum Gasteiger partial charge on any atom is 0.371 e. The molecule has 3 N–H and O–H groups in total. The van der Waals surface area contributed by atoms with Crippen molar-refractivity contribution in [2.45, 2.75) is 25.6 Å². The van der Waals surface area contributed by atoms with Gasteiger partial charge in [0.2, 0.25) is 11.5 Å². The Balaban J connectivity index is 1.51. The van der Waals surface area contributed by atoms with Crippen molar-refractivity contribution >= 4 is 22.9 Å². The molecule has 0 amide bonds. The number of aliphatic hydroxyl groups excluding tert-OH is 1. The number of ether oxygens (including phenoxy) is 4. The summed E-state index contributed by atoms with van der Waals surface area (Å²) < 4.78 is 28.2. The topological polar surface area (TPSA) is 162 Å². The predicted octanol–water partition coefficient (Wildman–Crippen LogP) is 3.14. The summed E-state index contributed by atoms with van der Waals surface area (Å²) in [5.41, 5.74) is -0.206. The van der Waals surface area contributed by atoms with E-state index in [1.54, 1.807) is 24.3 Å². The number of rotatable bonds is 11. The van der Waals surface area contributed by atoms with E-state index in [0.717, 1.165) is 18.6 Å². The van der Waals surface area contributed by atoms with Gasteiger partial charge < -0.3 is 38.7 Å². The first-order valence-electron chi connectivity index (χ1n) is 11.4. The highest BCUT2D eigenvalue weighted by atomic mass is 16.6. The lowest BCUT2D eigenvalue weighted by Crippen LogP contribution is -2.29. The summed E-state index contributed by atoms with van der Waals surface area (Å²) in [7, 11) is 0. The number of hydrogen-bond acceptors (Lipinski definition) is 9. The van der Waals surface area contributed by atoms with Crippen LogP contribution in [0.4, 0.5) is 0 Å². The molecule has 0 saturated carbocycles. The Labute approximate surface area is 210 Å². The third-order valence-corrected chi connectivity index (χ3v) is 5.40. The van der Waals surface area contributed by atoms with Crippen molar-refractivity contribution in [1.82, 2.24) is 0 Å². The molecule has 1 aromatic heterocycles. The number of aliphatic carboxylic acids is 1. The Morgan fingerprint density at radius 2 is 1.73 bits per heavy atom. The van der Waals surface area contributed by atoms with Crippen molar-refractivity contribution in [2.24, 2.45) is 0 Å².